The molecule has 0 spiro atoms. The summed E-state index contributed by atoms with van der Waals surface area (Å²) in [7, 11) is 0. The second-order valence-corrected chi connectivity index (χ2v) is 22.2. The van der Waals surface area contributed by atoms with Gasteiger partial charge in [0.25, 0.3) is 0 Å². The number of hydrogen-bond acceptors (Lipinski definition) is 1. The second kappa shape index (κ2) is 17.1. The molecule has 2 atom stereocenters. The standard InChI is InChI=1S/C71H61N/c1-48-26-28-49(29-27-48)50-30-40-57(41-31-50)72(58-42-44-62-60-22-14-16-24-64(60)70(66(62)46-58,53-18-10-8-11-19-53)55-36-32-51(33-37-55)68(2,3)4)59-43-45-63-61-23-15-17-25-65(61)71(67(63)47-59,54-20-12-9-13-21-54)56-38-34-52(35-39-56)69(5,6)7/h8-47H,1-7H3. The second-order valence-electron chi connectivity index (χ2n) is 22.2. The molecule has 0 aromatic heterocycles. The molecule has 0 saturated heterocycles. The lowest BCUT2D eigenvalue weighted by molar-refractivity contribution is 0.589. The van der Waals surface area contributed by atoms with Gasteiger partial charge in [-0.2, -0.15) is 0 Å². The van der Waals surface area contributed by atoms with Crippen LogP contribution >= 0.6 is 0 Å². The van der Waals surface area contributed by atoms with Crippen molar-refractivity contribution in [3.8, 4) is 33.4 Å². The van der Waals surface area contributed by atoms with Crippen LogP contribution < -0.4 is 4.90 Å². The lowest BCUT2D eigenvalue weighted by atomic mass is 9.67. The van der Waals surface area contributed by atoms with Crippen molar-refractivity contribution in [2.75, 3.05) is 4.90 Å². The summed E-state index contributed by atoms with van der Waals surface area (Å²) in [5.41, 5.74) is 23.8. The molecule has 2 aliphatic carbocycles. The summed E-state index contributed by atoms with van der Waals surface area (Å²) < 4.78 is 0. The summed E-state index contributed by atoms with van der Waals surface area (Å²) in [6.07, 6.45) is 0. The molecule has 0 bridgehead atoms. The highest BCUT2D eigenvalue weighted by molar-refractivity contribution is 5.92. The molecule has 0 aliphatic heterocycles. The lowest BCUT2D eigenvalue weighted by Crippen LogP contribution is -2.29. The summed E-state index contributed by atoms with van der Waals surface area (Å²) in [4.78, 5) is 2.50. The van der Waals surface area contributed by atoms with Crippen LogP contribution in [0.4, 0.5) is 17.1 Å². The number of fused-ring (bicyclic) bond motifs is 6. The van der Waals surface area contributed by atoms with Gasteiger partial charge in [-0.3, -0.25) is 0 Å². The molecule has 350 valence electrons. The smallest absolute Gasteiger partial charge is 0.0714 e. The summed E-state index contributed by atoms with van der Waals surface area (Å²) in [5.74, 6) is 0. The van der Waals surface area contributed by atoms with Gasteiger partial charge in [0.05, 0.1) is 10.8 Å². The van der Waals surface area contributed by atoms with E-state index in [1.807, 2.05) is 0 Å². The van der Waals surface area contributed by atoms with Crippen molar-refractivity contribution in [3.63, 3.8) is 0 Å². The van der Waals surface area contributed by atoms with Gasteiger partial charge in [-0.15, -0.1) is 0 Å². The Morgan fingerprint density at radius 3 is 1.03 bits per heavy atom. The largest absolute Gasteiger partial charge is 0.310 e. The Labute approximate surface area is 427 Å². The summed E-state index contributed by atoms with van der Waals surface area (Å²) in [6, 6.07) is 92.1. The Morgan fingerprint density at radius 1 is 0.292 bits per heavy atom. The molecule has 2 unspecified atom stereocenters. The topological polar surface area (TPSA) is 3.24 Å². The van der Waals surface area contributed by atoms with E-state index in [2.05, 4.69) is 296 Å². The van der Waals surface area contributed by atoms with Gasteiger partial charge in [0.1, 0.15) is 0 Å². The summed E-state index contributed by atoms with van der Waals surface area (Å²) in [6.45, 7) is 15.9. The van der Waals surface area contributed by atoms with Gasteiger partial charge >= 0.3 is 0 Å². The highest BCUT2D eigenvalue weighted by atomic mass is 15.1. The van der Waals surface area contributed by atoms with Gasteiger partial charge in [-0.05, 0) is 143 Å². The molecular weight excluding hydrogens is 867 g/mol. The number of nitrogens with zero attached hydrogens (tertiary/aromatic N) is 1. The van der Waals surface area contributed by atoms with Crippen molar-refractivity contribution >= 4 is 17.1 Å². The van der Waals surface area contributed by atoms with E-state index in [-0.39, 0.29) is 10.8 Å². The van der Waals surface area contributed by atoms with E-state index >= 15 is 0 Å². The zero-order chi connectivity index (χ0) is 49.4. The molecule has 0 amide bonds. The molecule has 0 heterocycles. The van der Waals surface area contributed by atoms with Crippen LogP contribution in [-0.2, 0) is 21.7 Å². The van der Waals surface area contributed by atoms with Crippen molar-refractivity contribution in [2.24, 2.45) is 0 Å². The maximum absolute atomic E-state index is 2.51. The Hall–Kier alpha value is -8.00. The SMILES string of the molecule is Cc1ccc(-c2ccc(N(c3ccc4c(c3)C(c3ccccc3)(c3ccc(C(C)(C)C)cc3)c3ccccc3-4)c3ccc4c(c3)C(c3ccccc3)(c3ccc(C(C)(C)C)cc3)c3ccccc3-4)cc2)cc1. The fraction of sp³-hybridized carbons (Fsp3) is 0.155. The fourth-order valence-corrected chi connectivity index (χ4v) is 12.2. The number of aryl methyl sites for hydroxylation is 1. The third kappa shape index (κ3) is 7.12. The van der Waals surface area contributed by atoms with Crippen LogP contribution in [0.2, 0.25) is 0 Å². The van der Waals surface area contributed by atoms with E-state index in [9.17, 15) is 0 Å². The molecule has 12 rings (SSSR count). The highest BCUT2D eigenvalue weighted by Gasteiger charge is 2.48. The van der Waals surface area contributed by atoms with Crippen molar-refractivity contribution < 1.29 is 0 Å². The van der Waals surface area contributed by atoms with Crippen LogP contribution in [0.15, 0.2) is 243 Å². The average molecular weight is 928 g/mol. The Kier molecular flexibility index (Phi) is 10.7. The van der Waals surface area contributed by atoms with Crippen LogP contribution in [0.1, 0.15) is 103 Å². The first-order valence-corrected chi connectivity index (χ1v) is 25.7. The minimum atomic E-state index is -0.568. The molecule has 10 aromatic rings. The van der Waals surface area contributed by atoms with Gasteiger partial charge in [-0.25, -0.2) is 0 Å². The zero-order valence-electron chi connectivity index (χ0n) is 42.5. The molecule has 1 heteroatoms. The van der Waals surface area contributed by atoms with Crippen LogP contribution in [0.5, 0.6) is 0 Å². The number of benzene rings is 10. The van der Waals surface area contributed by atoms with E-state index in [1.165, 1.54) is 94.6 Å². The molecule has 1 nitrogen and oxygen atoms in total. The van der Waals surface area contributed by atoms with Crippen molar-refractivity contribution in [2.45, 2.75) is 70.1 Å². The van der Waals surface area contributed by atoms with Gasteiger partial charge in [0.2, 0.25) is 0 Å². The first-order chi connectivity index (χ1) is 34.9. The van der Waals surface area contributed by atoms with Gasteiger partial charge in [0, 0.05) is 17.1 Å². The van der Waals surface area contributed by atoms with Crippen LogP contribution in [0.3, 0.4) is 0 Å². The molecular formula is C71H61N. The van der Waals surface area contributed by atoms with Crippen molar-refractivity contribution in [1.82, 2.24) is 0 Å². The Balaban J connectivity index is 1.12. The van der Waals surface area contributed by atoms with Gasteiger partial charge in [0.15, 0.2) is 0 Å². The van der Waals surface area contributed by atoms with E-state index in [0.29, 0.717) is 0 Å². The number of anilines is 3. The molecule has 72 heavy (non-hydrogen) atoms. The monoisotopic (exact) mass is 927 g/mol. The predicted molar refractivity (Wildman–Crippen MR) is 303 cm³/mol. The number of hydrogen-bond donors (Lipinski definition) is 0. The highest BCUT2D eigenvalue weighted by Crippen LogP contribution is 2.60. The van der Waals surface area contributed by atoms with Crippen LogP contribution in [0.25, 0.3) is 33.4 Å². The third-order valence-corrected chi connectivity index (χ3v) is 15.9. The van der Waals surface area contributed by atoms with Crippen LogP contribution in [0, 0.1) is 6.92 Å². The third-order valence-electron chi connectivity index (χ3n) is 15.9. The van der Waals surface area contributed by atoms with E-state index in [0.717, 1.165) is 17.1 Å². The van der Waals surface area contributed by atoms with Gasteiger partial charge in [-0.1, -0.05) is 253 Å². The average Bonchev–Trinajstić information content (AvgIpc) is 3.87. The molecule has 0 radical (unpaired) electrons. The Bertz CT molecular complexity index is 3410. The lowest BCUT2D eigenvalue weighted by Gasteiger charge is -2.36. The fourth-order valence-electron chi connectivity index (χ4n) is 12.2. The first kappa shape index (κ1) is 45.2. The quantitative estimate of drug-likeness (QED) is 0.147. The van der Waals surface area contributed by atoms with E-state index in [4.69, 9.17) is 0 Å². The minimum absolute atomic E-state index is 0.0256. The van der Waals surface area contributed by atoms with Gasteiger partial charge < -0.3 is 4.90 Å². The molecule has 10 aromatic carbocycles. The molecule has 2 aliphatic rings. The summed E-state index contributed by atoms with van der Waals surface area (Å²) >= 11 is 0. The summed E-state index contributed by atoms with van der Waals surface area (Å²) in [5, 5.41) is 0. The predicted octanol–water partition coefficient (Wildman–Crippen LogP) is 18.5. The van der Waals surface area contributed by atoms with Crippen molar-refractivity contribution in [3.05, 3.63) is 304 Å². The molecule has 0 saturated carbocycles. The first-order valence-electron chi connectivity index (χ1n) is 25.7. The number of rotatable bonds is 8. The Morgan fingerprint density at radius 2 is 0.625 bits per heavy atom. The van der Waals surface area contributed by atoms with Crippen molar-refractivity contribution in [1.29, 1.82) is 0 Å². The maximum atomic E-state index is 2.51. The molecule has 0 N–H and O–H groups in total. The zero-order valence-corrected chi connectivity index (χ0v) is 42.5. The van der Waals surface area contributed by atoms with E-state index in [1.54, 1.807) is 0 Å². The minimum Gasteiger partial charge on any atom is -0.310 e. The molecule has 0 fully saturated rings. The maximum Gasteiger partial charge on any atom is 0.0714 e. The van der Waals surface area contributed by atoms with E-state index < -0.39 is 10.8 Å². The normalized spacial score (nSPS) is 16.7. The van der Waals surface area contributed by atoms with Crippen LogP contribution in [-0.4, -0.2) is 0 Å².